The van der Waals surface area contributed by atoms with E-state index in [-0.39, 0.29) is 11.6 Å². The summed E-state index contributed by atoms with van der Waals surface area (Å²) < 4.78 is 5.05. The van der Waals surface area contributed by atoms with Crippen LogP contribution in [0.2, 0.25) is 0 Å². The molecule has 0 fully saturated rings. The first-order valence-electron chi connectivity index (χ1n) is 5.79. The fourth-order valence-electron chi connectivity index (χ4n) is 1.29. The Morgan fingerprint density at radius 1 is 1.39 bits per heavy atom. The van der Waals surface area contributed by atoms with Crippen molar-refractivity contribution in [1.29, 1.82) is 0 Å². The van der Waals surface area contributed by atoms with Crippen molar-refractivity contribution >= 4 is 11.7 Å². The van der Waals surface area contributed by atoms with Gasteiger partial charge in [0.1, 0.15) is 5.75 Å². The van der Waals surface area contributed by atoms with E-state index in [4.69, 9.17) is 10.5 Å². The van der Waals surface area contributed by atoms with Gasteiger partial charge >= 0.3 is 6.03 Å². The lowest BCUT2D eigenvalue weighted by Crippen LogP contribution is -2.51. The van der Waals surface area contributed by atoms with Gasteiger partial charge in [0.15, 0.2) is 0 Å². The van der Waals surface area contributed by atoms with E-state index < -0.39 is 0 Å². The average molecular weight is 251 g/mol. The molecule has 5 heteroatoms. The van der Waals surface area contributed by atoms with Crippen LogP contribution in [-0.2, 0) is 0 Å². The van der Waals surface area contributed by atoms with Crippen molar-refractivity contribution in [3.05, 3.63) is 24.3 Å². The zero-order chi connectivity index (χ0) is 13.8. The van der Waals surface area contributed by atoms with Crippen LogP contribution in [0.15, 0.2) is 24.3 Å². The van der Waals surface area contributed by atoms with Gasteiger partial charge in [0, 0.05) is 19.3 Å². The highest BCUT2D eigenvalue weighted by Crippen LogP contribution is 2.17. The summed E-state index contributed by atoms with van der Waals surface area (Å²) in [6.07, 6.45) is 0. The Morgan fingerprint density at radius 2 is 1.94 bits per heavy atom. The summed E-state index contributed by atoms with van der Waals surface area (Å²) in [7, 11) is 3.33. The lowest BCUT2D eigenvalue weighted by atomic mass is 10.1. The van der Waals surface area contributed by atoms with Crippen LogP contribution in [0.5, 0.6) is 5.75 Å². The molecule has 1 rings (SSSR count). The number of nitrogens with one attached hydrogen (secondary N) is 1. The highest BCUT2D eigenvalue weighted by molar-refractivity contribution is 5.89. The molecule has 18 heavy (non-hydrogen) atoms. The zero-order valence-corrected chi connectivity index (χ0v) is 11.4. The predicted octanol–water partition coefficient (Wildman–Crippen LogP) is 1.90. The molecule has 0 aliphatic carbocycles. The number of amides is 2. The minimum absolute atomic E-state index is 0.185. The zero-order valence-electron chi connectivity index (χ0n) is 11.4. The molecule has 0 saturated carbocycles. The van der Waals surface area contributed by atoms with Crippen molar-refractivity contribution in [2.45, 2.75) is 19.4 Å². The maximum atomic E-state index is 12.0. The molecule has 0 aromatic heterocycles. The number of nitrogens with two attached hydrogens (primary N) is 1. The summed E-state index contributed by atoms with van der Waals surface area (Å²) in [6, 6.07) is 6.99. The molecule has 2 amide bonds. The van der Waals surface area contributed by atoms with E-state index in [9.17, 15) is 4.79 Å². The van der Waals surface area contributed by atoms with Crippen molar-refractivity contribution in [3.63, 3.8) is 0 Å². The maximum absolute atomic E-state index is 12.0. The van der Waals surface area contributed by atoms with Gasteiger partial charge in [0.25, 0.3) is 0 Å². The molecule has 1 aromatic rings. The van der Waals surface area contributed by atoms with E-state index >= 15 is 0 Å². The molecular weight excluding hydrogens is 230 g/mol. The molecule has 0 spiro atoms. The Balaban J connectivity index is 2.69. The van der Waals surface area contributed by atoms with Gasteiger partial charge in [0.05, 0.1) is 12.6 Å². The Hall–Kier alpha value is -1.75. The van der Waals surface area contributed by atoms with E-state index in [1.165, 1.54) is 0 Å². The predicted molar refractivity (Wildman–Crippen MR) is 72.9 cm³/mol. The van der Waals surface area contributed by atoms with Crippen LogP contribution < -0.4 is 15.8 Å². The average Bonchev–Trinajstić information content (AvgIpc) is 2.38. The summed E-state index contributed by atoms with van der Waals surface area (Å²) in [5, 5.41) is 2.81. The van der Waals surface area contributed by atoms with Crippen LogP contribution in [0.1, 0.15) is 13.8 Å². The third-order valence-corrected chi connectivity index (χ3v) is 3.05. The maximum Gasteiger partial charge on any atom is 0.322 e. The number of carbonyl (C=O) groups excluding carboxylic acids is 1. The van der Waals surface area contributed by atoms with E-state index in [2.05, 4.69) is 5.32 Å². The van der Waals surface area contributed by atoms with Gasteiger partial charge in [-0.3, -0.25) is 0 Å². The molecule has 0 aliphatic rings. The summed E-state index contributed by atoms with van der Waals surface area (Å²) in [5.74, 6) is 0.753. The number of hydrogen-bond donors (Lipinski definition) is 2. The number of urea groups is 1. The second kappa shape index (κ2) is 5.73. The summed E-state index contributed by atoms with van der Waals surface area (Å²) in [5.41, 5.74) is 5.98. The largest absolute Gasteiger partial charge is 0.497 e. The highest BCUT2D eigenvalue weighted by atomic mass is 16.5. The van der Waals surface area contributed by atoms with E-state index in [0.29, 0.717) is 6.54 Å². The van der Waals surface area contributed by atoms with E-state index in [1.54, 1.807) is 43.3 Å². The van der Waals surface area contributed by atoms with Crippen molar-refractivity contribution in [2.75, 3.05) is 26.0 Å². The second-order valence-electron chi connectivity index (χ2n) is 4.73. The Labute approximate surface area is 108 Å². The first kappa shape index (κ1) is 14.3. The number of nitrogens with zero attached hydrogens (tertiary/aromatic N) is 1. The lowest BCUT2D eigenvalue weighted by Gasteiger charge is -2.34. The van der Waals surface area contributed by atoms with Crippen LogP contribution in [0.25, 0.3) is 0 Å². The molecule has 0 bridgehead atoms. The van der Waals surface area contributed by atoms with Crippen molar-refractivity contribution in [1.82, 2.24) is 4.90 Å². The molecule has 100 valence electrons. The number of rotatable bonds is 4. The standard InChI is InChI=1S/C13H21N3O2/c1-13(2,9-14)16(3)12(17)15-10-5-7-11(18-4)8-6-10/h5-8H,9,14H2,1-4H3,(H,15,17). The molecular formula is C13H21N3O2. The molecule has 0 unspecified atom stereocenters. The molecule has 1 aromatic carbocycles. The fourth-order valence-corrected chi connectivity index (χ4v) is 1.29. The van der Waals surface area contributed by atoms with Gasteiger partial charge in [-0.2, -0.15) is 0 Å². The van der Waals surface area contributed by atoms with Gasteiger partial charge in [-0.05, 0) is 38.1 Å². The van der Waals surface area contributed by atoms with Gasteiger partial charge < -0.3 is 20.7 Å². The molecule has 0 atom stereocenters. The summed E-state index contributed by atoms with van der Waals surface area (Å²) in [4.78, 5) is 13.6. The topological polar surface area (TPSA) is 67.6 Å². The van der Waals surface area contributed by atoms with Crippen LogP contribution in [0, 0.1) is 0 Å². The minimum Gasteiger partial charge on any atom is -0.497 e. The summed E-state index contributed by atoms with van der Waals surface area (Å²) >= 11 is 0. The van der Waals surface area contributed by atoms with E-state index in [0.717, 1.165) is 11.4 Å². The number of methoxy groups -OCH3 is 1. The number of hydrogen-bond acceptors (Lipinski definition) is 3. The molecule has 0 heterocycles. The number of likely N-dealkylation sites (N-methyl/N-ethyl adjacent to an activating group) is 1. The number of ether oxygens (including phenoxy) is 1. The smallest absolute Gasteiger partial charge is 0.322 e. The third kappa shape index (κ3) is 3.37. The monoisotopic (exact) mass is 251 g/mol. The van der Waals surface area contributed by atoms with Crippen molar-refractivity contribution < 1.29 is 9.53 Å². The fraction of sp³-hybridized carbons (Fsp3) is 0.462. The second-order valence-corrected chi connectivity index (χ2v) is 4.73. The van der Waals surface area contributed by atoms with Crippen LogP contribution in [-0.4, -0.2) is 37.2 Å². The first-order valence-corrected chi connectivity index (χ1v) is 5.79. The van der Waals surface area contributed by atoms with Crippen LogP contribution >= 0.6 is 0 Å². The Bertz CT molecular complexity index is 401. The minimum atomic E-state index is -0.378. The first-order chi connectivity index (χ1) is 8.40. The molecule has 0 radical (unpaired) electrons. The molecule has 0 saturated heterocycles. The van der Waals surface area contributed by atoms with Crippen LogP contribution in [0.3, 0.4) is 0 Å². The normalized spacial score (nSPS) is 10.9. The van der Waals surface area contributed by atoms with Crippen molar-refractivity contribution in [3.8, 4) is 5.75 Å². The molecule has 5 nitrogen and oxygen atoms in total. The molecule has 3 N–H and O–H groups in total. The van der Waals surface area contributed by atoms with Gasteiger partial charge in [-0.25, -0.2) is 4.79 Å². The SMILES string of the molecule is COc1ccc(NC(=O)N(C)C(C)(C)CN)cc1. The third-order valence-electron chi connectivity index (χ3n) is 3.05. The Morgan fingerprint density at radius 3 is 2.39 bits per heavy atom. The van der Waals surface area contributed by atoms with Crippen LogP contribution in [0.4, 0.5) is 10.5 Å². The number of anilines is 1. The quantitative estimate of drug-likeness (QED) is 0.858. The summed E-state index contributed by atoms with van der Waals surface area (Å²) in [6.45, 7) is 4.24. The highest BCUT2D eigenvalue weighted by Gasteiger charge is 2.25. The van der Waals surface area contributed by atoms with Gasteiger partial charge in [0.2, 0.25) is 0 Å². The molecule has 0 aliphatic heterocycles. The lowest BCUT2D eigenvalue weighted by molar-refractivity contribution is 0.172. The Kier molecular flexibility index (Phi) is 4.55. The van der Waals surface area contributed by atoms with E-state index in [1.807, 2.05) is 13.8 Å². The number of carbonyl (C=O) groups is 1. The number of benzene rings is 1. The van der Waals surface area contributed by atoms with Gasteiger partial charge in [-0.15, -0.1) is 0 Å². The van der Waals surface area contributed by atoms with Crippen molar-refractivity contribution in [2.24, 2.45) is 5.73 Å². The van der Waals surface area contributed by atoms with Gasteiger partial charge in [-0.1, -0.05) is 0 Å².